The molecule has 0 radical (unpaired) electrons. The van der Waals surface area contributed by atoms with Crippen LogP contribution in [-0.4, -0.2) is 4.99 Å². The van der Waals surface area contributed by atoms with Gasteiger partial charge in [-0.3, -0.25) is 0 Å². The summed E-state index contributed by atoms with van der Waals surface area (Å²) in [6.45, 7) is 0. The monoisotopic (exact) mass is 249 g/mol. The highest BCUT2D eigenvalue weighted by Gasteiger charge is 1.99. The number of hydrogen-bond acceptors (Lipinski definition) is 1. The van der Waals surface area contributed by atoms with Gasteiger partial charge in [-0.2, -0.15) is 0 Å². The molecule has 0 atom stereocenters. The van der Waals surface area contributed by atoms with Gasteiger partial charge in [-0.15, -0.1) is 0 Å². The third-order valence-electron chi connectivity index (χ3n) is 1.20. The molecule has 0 amide bonds. The van der Waals surface area contributed by atoms with E-state index in [1.165, 1.54) is 0 Å². The van der Waals surface area contributed by atoms with Crippen LogP contribution >= 0.6 is 39.7 Å². The SMILES string of the molecule is NC(=S)c1ccc(Br)c(Cl)c1. The minimum atomic E-state index is 0.361. The van der Waals surface area contributed by atoms with Gasteiger partial charge in [0.05, 0.1) is 5.02 Å². The minimum absolute atomic E-state index is 0.361. The van der Waals surface area contributed by atoms with Crippen LogP contribution in [0.4, 0.5) is 0 Å². The summed E-state index contributed by atoms with van der Waals surface area (Å²) in [4.78, 5) is 0.361. The Morgan fingerprint density at radius 2 is 2.18 bits per heavy atom. The molecule has 4 heteroatoms. The van der Waals surface area contributed by atoms with Crippen LogP contribution in [0.1, 0.15) is 5.56 Å². The highest BCUT2D eigenvalue weighted by molar-refractivity contribution is 9.10. The number of nitrogens with two attached hydrogens (primary N) is 1. The second kappa shape index (κ2) is 3.52. The highest BCUT2D eigenvalue weighted by Crippen LogP contribution is 2.22. The number of thiocarbonyl (C=S) groups is 1. The molecule has 0 aliphatic rings. The fourth-order valence-corrected chi connectivity index (χ4v) is 1.20. The summed E-state index contributed by atoms with van der Waals surface area (Å²) in [5.74, 6) is 0. The van der Waals surface area contributed by atoms with Crippen LogP contribution in [-0.2, 0) is 0 Å². The standard InChI is InChI=1S/C7H5BrClNS/c8-5-2-1-4(7(10)11)3-6(5)9/h1-3H,(H2,10,11). The zero-order chi connectivity index (χ0) is 8.43. The van der Waals surface area contributed by atoms with Gasteiger partial charge in [-0.05, 0) is 28.1 Å². The largest absolute Gasteiger partial charge is 0.389 e. The topological polar surface area (TPSA) is 26.0 Å². The Hall–Kier alpha value is -0.120. The van der Waals surface area contributed by atoms with E-state index in [0.717, 1.165) is 10.0 Å². The van der Waals surface area contributed by atoms with Crippen molar-refractivity contribution in [3.8, 4) is 0 Å². The van der Waals surface area contributed by atoms with E-state index in [0.29, 0.717) is 10.0 Å². The molecule has 0 saturated carbocycles. The van der Waals surface area contributed by atoms with E-state index in [4.69, 9.17) is 29.6 Å². The van der Waals surface area contributed by atoms with E-state index in [9.17, 15) is 0 Å². The Bertz CT molecular complexity index is 300. The average Bonchev–Trinajstić information content (AvgIpc) is 1.94. The Kier molecular flexibility index (Phi) is 2.87. The fourth-order valence-electron chi connectivity index (χ4n) is 0.649. The second-order valence-corrected chi connectivity index (χ2v) is 3.69. The van der Waals surface area contributed by atoms with Crippen LogP contribution < -0.4 is 5.73 Å². The third kappa shape index (κ3) is 2.15. The summed E-state index contributed by atoms with van der Waals surface area (Å²) in [5.41, 5.74) is 6.18. The Labute approximate surface area is 83.7 Å². The molecule has 1 aromatic carbocycles. The van der Waals surface area contributed by atoms with E-state index in [1.54, 1.807) is 6.07 Å². The molecule has 0 fully saturated rings. The first-order valence-corrected chi connectivity index (χ1v) is 4.44. The van der Waals surface area contributed by atoms with E-state index in [1.807, 2.05) is 12.1 Å². The predicted octanol–water partition coefficient (Wildman–Crippen LogP) is 2.74. The molecular formula is C7H5BrClNS. The van der Waals surface area contributed by atoms with Crippen LogP contribution in [0.2, 0.25) is 5.02 Å². The van der Waals surface area contributed by atoms with Gasteiger partial charge in [0, 0.05) is 10.0 Å². The van der Waals surface area contributed by atoms with Crippen LogP contribution in [0.5, 0.6) is 0 Å². The lowest BCUT2D eigenvalue weighted by Gasteiger charge is -1.99. The van der Waals surface area contributed by atoms with Crippen LogP contribution in [0.15, 0.2) is 22.7 Å². The molecule has 0 unspecified atom stereocenters. The zero-order valence-corrected chi connectivity index (χ0v) is 8.63. The van der Waals surface area contributed by atoms with E-state index in [2.05, 4.69) is 15.9 Å². The van der Waals surface area contributed by atoms with E-state index in [-0.39, 0.29) is 0 Å². The third-order valence-corrected chi connectivity index (χ3v) is 2.67. The summed E-state index contributed by atoms with van der Waals surface area (Å²) in [6, 6.07) is 5.36. The molecule has 0 heterocycles. The summed E-state index contributed by atoms with van der Waals surface area (Å²) in [5, 5.41) is 0.621. The summed E-state index contributed by atoms with van der Waals surface area (Å²) < 4.78 is 0.846. The van der Waals surface area contributed by atoms with Crippen molar-refractivity contribution in [2.75, 3.05) is 0 Å². The van der Waals surface area contributed by atoms with E-state index >= 15 is 0 Å². The molecule has 1 rings (SSSR count). The maximum atomic E-state index is 5.80. The molecule has 11 heavy (non-hydrogen) atoms. The van der Waals surface area contributed by atoms with Crippen molar-refractivity contribution >= 4 is 44.7 Å². The zero-order valence-electron chi connectivity index (χ0n) is 5.47. The number of rotatable bonds is 1. The van der Waals surface area contributed by atoms with Crippen molar-refractivity contribution in [3.05, 3.63) is 33.3 Å². The first-order chi connectivity index (χ1) is 5.11. The highest BCUT2D eigenvalue weighted by atomic mass is 79.9. The smallest absolute Gasteiger partial charge is 0.104 e. The number of halogens is 2. The van der Waals surface area contributed by atoms with Crippen LogP contribution in [0.3, 0.4) is 0 Å². The molecular weight excluding hydrogens is 246 g/mol. The molecule has 0 aliphatic heterocycles. The van der Waals surface area contributed by atoms with Crippen molar-refractivity contribution in [3.63, 3.8) is 0 Å². The maximum Gasteiger partial charge on any atom is 0.104 e. The van der Waals surface area contributed by atoms with Gasteiger partial charge in [0.15, 0.2) is 0 Å². The molecule has 0 spiro atoms. The summed E-state index contributed by atoms with van der Waals surface area (Å²) >= 11 is 13.8. The molecule has 0 bridgehead atoms. The molecule has 0 aromatic heterocycles. The molecule has 58 valence electrons. The van der Waals surface area contributed by atoms with Gasteiger partial charge in [-0.25, -0.2) is 0 Å². The van der Waals surface area contributed by atoms with Gasteiger partial charge in [0.1, 0.15) is 4.99 Å². The summed E-state index contributed by atoms with van der Waals surface area (Å²) in [7, 11) is 0. The van der Waals surface area contributed by atoms with Gasteiger partial charge in [0.25, 0.3) is 0 Å². The summed E-state index contributed by atoms with van der Waals surface area (Å²) in [6.07, 6.45) is 0. The lowest BCUT2D eigenvalue weighted by Crippen LogP contribution is -2.08. The average molecular weight is 251 g/mol. The van der Waals surface area contributed by atoms with Gasteiger partial charge in [-0.1, -0.05) is 29.9 Å². The van der Waals surface area contributed by atoms with Crippen LogP contribution in [0.25, 0.3) is 0 Å². The lowest BCUT2D eigenvalue weighted by atomic mass is 10.2. The van der Waals surface area contributed by atoms with Crippen molar-refractivity contribution in [1.82, 2.24) is 0 Å². The van der Waals surface area contributed by atoms with Crippen LogP contribution in [0, 0.1) is 0 Å². The lowest BCUT2D eigenvalue weighted by molar-refractivity contribution is 1.59. The van der Waals surface area contributed by atoms with Gasteiger partial charge in [0.2, 0.25) is 0 Å². The van der Waals surface area contributed by atoms with Crippen molar-refractivity contribution in [2.45, 2.75) is 0 Å². The second-order valence-electron chi connectivity index (χ2n) is 1.99. The molecule has 1 aromatic rings. The predicted molar refractivity (Wildman–Crippen MR) is 55.0 cm³/mol. The van der Waals surface area contributed by atoms with Crippen molar-refractivity contribution < 1.29 is 0 Å². The first-order valence-electron chi connectivity index (χ1n) is 2.86. The maximum absolute atomic E-state index is 5.80. The van der Waals surface area contributed by atoms with E-state index < -0.39 is 0 Å². The Balaban J connectivity index is 3.15. The molecule has 0 saturated heterocycles. The minimum Gasteiger partial charge on any atom is -0.389 e. The van der Waals surface area contributed by atoms with Crippen molar-refractivity contribution in [2.24, 2.45) is 5.73 Å². The molecule has 0 aliphatic carbocycles. The fraction of sp³-hybridized carbons (Fsp3) is 0. The molecule has 2 N–H and O–H groups in total. The Morgan fingerprint density at radius 3 is 2.64 bits per heavy atom. The number of benzene rings is 1. The van der Waals surface area contributed by atoms with Gasteiger partial charge < -0.3 is 5.73 Å². The number of hydrogen-bond donors (Lipinski definition) is 1. The van der Waals surface area contributed by atoms with Gasteiger partial charge >= 0.3 is 0 Å². The normalized spacial score (nSPS) is 9.64. The first kappa shape index (κ1) is 8.97. The quantitative estimate of drug-likeness (QED) is 0.776. The van der Waals surface area contributed by atoms with Crippen molar-refractivity contribution in [1.29, 1.82) is 0 Å². The molecule has 1 nitrogen and oxygen atoms in total. The Morgan fingerprint density at radius 1 is 1.55 bits per heavy atom.